The number of nitrogens with zero attached hydrogens (tertiary/aromatic N) is 1. The number of rotatable bonds is 7. The minimum absolute atomic E-state index is 0.0867. The Morgan fingerprint density at radius 2 is 1.83 bits per heavy atom. The predicted octanol–water partition coefficient (Wildman–Crippen LogP) is 2.33. The molecule has 124 valence electrons. The van der Waals surface area contributed by atoms with Crippen LogP contribution in [-0.2, 0) is 14.8 Å². The van der Waals surface area contributed by atoms with Crippen LogP contribution < -0.4 is 4.74 Å². The Balaban J connectivity index is 2.63. The van der Waals surface area contributed by atoms with Crippen LogP contribution in [0.2, 0.25) is 0 Å². The number of benzene rings is 2. The lowest BCUT2D eigenvalue weighted by atomic mass is 10.1. The first-order valence-corrected chi connectivity index (χ1v) is 8.63. The van der Waals surface area contributed by atoms with Crippen molar-refractivity contribution in [3.8, 4) is 5.75 Å². The van der Waals surface area contributed by atoms with Crippen molar-refractivity contribution < 1.29 is 23.1 Å². The molecule has 23 heavy (non-hydrogen) atoms. The Hall–Kier alpha value is -2.12. The molecule has 0 amide bonds. The van der Waals surface area contributed by atoms with E-state index in [9.17, 15) is 13.2 Å². The normalized spacial score (nSPS) is 11.8. The number of carboxylic acids is 1. The van der Waals surface area contributed by atoms with Crippen molar-refractivity contribution in [3.63, 3.8) is 0 Å². The van der Waals surface area contributed by atoms with Crippen molar-refractivity contribution in [1.29, 1.82) is 0 Å². The zero-order chi connectivity index (χ0) is 17.0. The van der Waals surface area contributed by atoms with Gasteiger partial charge in [-0.15, -0.1) is 0 Å². The van der Waals surface area contributed by atoms with Crippen LogP contribution in [0.25, 0.3) is 10.8 Å². The molecule has 0 aliphatic carbocycles. The molecule has 0 unspecified atom stereocenters. The molecule has 0 aromatic heterocycles. The summed E-state index contributed by atoms with van der Waals surface area (Å²) in [5.74, 6) is -0.611. The third kappa shape index (κ3) is 3.46. The number of carbonyl (C=O) groups is 1. The summed E-state index contributed by atoms with van der Waals surface area (Å²) in [6, 6.07) is 10.0. The van der Waals surface area contributed by atoms with E-state index in [1.54, 1.807) is 37.3 Å². The molecule has 0 heterocycles. The molecule has 0 radical (unpaired) electrons. The van der Waals surface area contributed by atoms with Crippen molar-refractivity contribution in [1.82, 2.24) is 4.31 Å². The largest absolute Gasteiger partial charge is 0.496 e. The van der Waals surface area contributed by atoms with Crippen LogP contribution in [-0.4, -0.2) is 44.0 Å². The number of hydrogen-bond acceptors (Lipinski definition) is 4. The highest BCUT2D eigenvalue weighted by atomic mass is 32.2. The van der Waals surface area contributed by atoms with E-state index in [4.69, 9.17) is 9.84 Å². The third-order valence-electron chi connectivity index (χ3n) is 3.47. The number of aliphatic carboxylic acids is 1. The number of ether oxygens (including phenoxy) is 1. The number of fused-ring (bicyclic) bond motifs is 1. The molecule has 0 aliphatic heterocycles. The van der Waals surface area contributed by atoms with E-state index in [0.29, 0.717) is 22.9 Å². The molecule has 2 aromatic carbocycles. The maximum absolute atomic E-state index is 12.9. The summed E-state index contributed by atoms with van der Waals surface area (Å²) in [6.07, 6.45) is 0.528. The van der Waals surface area contributed by atoms with Gasteiger partial charge in [0.15, 0.2) is 0 Å². The Kier molecular flexibility index (Phi) is 5.23. The van der Waals surface area contributed by atoms with Gasteiger partial charge in [-0.05, 0) is 18.6 Å². The highest BCUT2D eigenvalue weighted by Gasteiger charge is 2.28. The highest BCUT2D eigenvalue weighted by molar-refractivity contribution is 7.89. The fourth-order valence-electron chi connectivity index (χ4n) is 2.47. The topological polar surface area (TPSA) is 83.9 Å². The molecule has 0 bridgehead atoms. The zero-order valence-corrected chi connectivity index (χ0v) is 13.8. The first-order valence-electron chi connectivity index (χ1n) is 7.19. The van der Waals surface area contributed by atoms with Crippen LogP contribution in [0.15, 0.2) is 41.3 Å². The summed E-state index contributed by atoms with van der Waals surface area (Å²) in [5, 5.41) is 10.2. The average molecular weight is 337 g/mol. The van der Waals surface area contributed by atoms with Crippen molar-refractivity contribution >= 4 is 26.8 Å². The fourth-order valence-corrected chi connectivity index (χ4v) is 4.15. The maximum atomic E-state index is 12.9. The van der Waals surface area contributed by atoms with Crippen molar-refractivity contribution in [2.45, 2.75) is 18.2 Å². The molecule has 0 aliphatic rings. The molecule has 7 heteroatoms. The summed E-state index contributed by atoms with van der Waals surface area (Å²) in [6.45, 7) is 1.39. The van der Waals surface area contributed by atoms with Gasteiger partial charge in [-0.2, -0.15) is 4.31 Å². The fraction of sp³-hybridized carbons (Fsp3) is 0.312. The number of hydrogen-bond donors (Lipinski definition) is 1. The van der Waals surface area contributed by atoms with Gasteiger partial charge in [0.2, 0.25) is 10.0 Å². The van der Waals surface area contributed by atoms with E-state index in [2.05, 4.69) is 0 Å². The number of sulfonamides is 1. The van der Waals surface area contributed by atoms with E-state index in [1.807, 2.05) is 0 Å². The molecule has 0 atom stereocenters. The van der Waals surface area contributed by atoms with Gasteiger partial charge in [0.05, 0.1) is 12.0 Å². The lowest BCUT2D eigenvalue weighted by Crippen LogP contribution is -2.36. The van der Waals surface area contributed by atoms with Gasteiger partial charge >= 0.3 is 5.97 Å². The zero-order valence-electron chi connectivity index (χ0n) is 13.0. The first-order chi connectivity index (χ1) is 10.9. The lowest BCUT2D eigenvalue weighted by molar-refractivity contribution is -0.137. The molecule has 6 nitrogen and oxygen atoms in total. The Morgan fingerprint density at radius 3 is 2.39 bits per heavy atom. The molecule has 2 rings (SSSR count). The molecule has 0 saturated heterocycles. The van der Waals surface area contributed by atoms with E-state index in [1.165, 1.54) is 13.2 Å². The molecular formula is C16H19NO5S. The van der Waals surface area contributed by atoms with E-state index in [0.717, 1.165) is 4.31 Å². The predicted molar refractivity (Wildman–Crippen MR) is 87.2 cm³/mol. The van der Waals surface area contributed by atoms with Crippen LogP contribution in [0.4, 0.5) is 0 Å². The van der Waals surface area contributed by atoms with Gasteiger partial charge in [0.25, 0.3) is 0 Å². The standard InChI is InChI=1S/C16H19NO5S/c1-3-10-17(11-16(18)19)23(20,21)15-9-8-14(22-2)12-6-4-5-7-13(12)15/h4-9H,3,10-11H2,1-2H3,(H,18,19). The second-order valence-electron chi connectivity index (χ2n) is 5.04. The minimum Gasteiger partial charge on any atom is -0.496 e. The molecule has 0 fully saturated rings. The van der Waals surface area contributed by atoms with Crippen molar-refractivity contribution in [3.05, 3.63) is 36.4 Å². The Bertz CT molecular complexity index is 816. The summed E-state index contributed by atoms with van der Waals surface area (Å²) < 4.78 is 32.0. The summed E-state index contributed by atoms with van der Waals surface area (Å²) >= 11 is 0. The van der Waals surface area contributed by atoms with E-state index >= 15 is 0 Å². The molecule has 1 N–H and O–H groups in total. The van der Waals surface area contributed by atoms with Crippen LogP contribution in [0.1, 0.15) is 13.3 Å². The lowest BCUT2D eigenvalue weighted by Gasteiger charge is -2.21. The molecular weight excluding hydrogens is 318 g/mol. The Morgan fingerprint density at radius 1 is 1.17 bits per heavy atom. The summed E-state index contributed by atoms with van der Waals surface area (Å²) in [4.78, 5) is 11.1. The maximum Gasteiger partial charge on any atom is 0.318 e. The molecule has 2 aromatic rings. The van der Waals surface area contributed by atoms with Gasteiger partial charge in [0, 0.05) is 17.3 Å². The molecule has 0 saturated carbocycles. The summed E-state index contributed by atoms with van der Waals surface area (Å²) in [7, 11) is -2.40. The number of carboxylic acid groups (broad SMARTS) is 1. The van der Waals surface area contributed by atoms with Crippen LogP contribution in [0, 0.1) is 0 Å². The Labute approximate surface area is 135 Å². The second kappa shape index (κ2) is 6.97. The highest BCUT2D eigenvalue weighted by Crippen LogP contribution is 2.32. The molecule has 0 spiro atoms. The minimum atomic E-state index is -3.91. The van der Waals surface area contributed by atoms with Gasteiger partial charge in [0.1, 0.15) is 12.3 Å². The monoisotopic (exact) mass is 337 g/mol. The van der Waals surface area contributed by atoms with Gasteiger partial charge in [-0.25, -0.2) is 8.42 Å². The third-order valence-corrected chi connectivity index (χ3v) is 5.37. The summed E-state index contributed by atoms with van der Waals surface area (Å²) in [5.41, 5.74) is 0. The van der Waals surface area contributed by atoms with Crippen molar-refractivity contribution in [2.75, 3.05) is 20.2 Å². The van der Waals surface area contributed by atoms with E-state index in [-0.39, 0.29) is 11.4 Å². The second-order valence-corrected chi connectivity index (χ2v) is 6.95. The van der Waals surface area contributed by atoms with Gasteiger partial charge in [-0.3, -0.25) is 4.79 Å². The van der Waals surface area contributed by atoms with Gasteiger partial charge in [-0.1, -0.05) is 31.2 Å². The van der Waals surface area contributed by atoms with Crippen LogP contribution >= 0.6 is 0 Å². The smallest absolute Gasteiger partial charge is 0.318 e. The SMILES string of the molecule is CCCN(CC(=O)O)S(=O)(=O)c1ccc(OC)c2ccccc12. The van der Waals surface area contributed by atoms with Gasteiger partial charge < -0.3 is 9.84 Å². The number of methoxy groups -OCH3 is 1. The first kappa shape index (κ1) is 17.2. The average Bonchev–Trinajstić information content (AvgIpc) is 2.52. The van der Waals surface area contributed by atoms with Crippen molar-refractivity contribution in [2.24, 2.45) is 0 Å². The van der Waals surface area contributed by atoms with E-state index < -0.39 is 22.5 Å². The van der Waals surface area contributed by atoms with Crippen LogP contribution in [0.3, 0.4) is 0 Å². The quantitative estimate of drug-likeness (QED) is 0.838. The van der Waals surface area contributed by atoms with Crippen LogP contribution in [0.5, 0.6) is 5.75 Å².